The molecule has 4 nitrogen and oxygen atoms in total. The molecule has 4 aromatic heterocycles. The van der Waals surface area contributed by atoms with Crippen molar-refractivity contribution in [2.75, 3.05) is 0 Å². The molecule has 4 heteroatoms. The number of benzene rings is 3. The van der Waals surface area contributed by atoms with Gasteiger partial charge < -0.3 is 0 Å². The first-order valence-electron chi connectivity index (χ1n) is 12.0. The molecule has 0 unspecified atom stereocenters. The van der Waals surface area contributed by atoms with Crippen molar-refractivity contribution in [2.45, 2.75) is 12.8 Å². The molecule has 0 aliphatic heterocycles. The van der Waals surface area contributed by atoms with Crippen molar-refractivity contribution in [3.05, 3.63) is 108 Å². The van der Waals surface area contributed by atoms with Gasteiger partial charge in [-0.3, -0.25) is 14.4 Å². The summed E-state index contributed by atoms with van der Waals surface area (Å²) in [7, 11) is 0. The largest absolute Gasteiger partial charge is 0.290 e. The molecule has 162 valence electrons. The van der Waals surface area contributed by atoms with Crippen LogP contribution in [0.4, 0.5) is 0 Å². The number of rotatable bonds is 0. The Bertz CT molecular complexity index is 2070. The summed E-state index contributed by atoms with van der Waals surface area (Å²) in [4.78, 5) is 14.3. The van der Waals surface area contributed by atoms with Crippen molar-refractivity contribution in [2.24, 2.45) is 0 Å². The third kappa shape index (κ3) is 2.11. The van der Waals surface area contributed by atoms with Gasteiger partial charge >= 0.3 is 0 Å². The van der Waals surface area contributed by atoms with Crippen molar-refractivity contribution in [3.8, 4) is 22.3 Å². The van der Waals surface area contributed by atoms with E-state index in [4.69, 9.17) is 9.97 Å². The van der Waals surface area contributed by atoms with Crippen molar-refractivity contribution in [1.29, 1.82) is 0 Å². The van der Waals surface area contributed by atoms with Crippen LogP contribution in [0.25, 0.3) is 60.7 Å². The van der Waals surface area contributed by atoms with Gasteiger partial charge in [-0.15, -0.1) is 0 Å². The number of fused-ring (bicyclic) bond motifs is 16. The maximum atomic E-state index is 5.13. The Morgan fingerprint density at radius 2 is 1.49 bits per heavy atom. The average molecular weight is 447 g/mol. The maximum Gasteiger partial charge on any atom is 0.148 e. The lowest BCUT2D eigenvalue weighted by molar-refractivity contribution is 1.16. The first-order chi connectivity index (χ1) is 17.4. The standard InChI is InChI=1S/C31H18N4/c1-2-5-18-17(4-1)14-24-19(18)7-8-20-21-9-10-27-30(26(21)15-25(20)24)35-28-16-32-13-11-22(28)29-23(31(35)34-27)6-3-12-33-29/h1-13,16H,14-15H2. The molecule has 7 aromatic rings. The molecule has 0 N–H and O–H groups in total. The van der Waals surface area contributed by atoms with E-state index < -0.39 is 0 Å². The molecule has 2 aliphatic rings. The number of nitrogens with zero attached hydrogens (tertiary/aromatic N) is 4. The van der Waals surface area contributed by atoms with Gasteiger partial charge in [0.15, 0.2) is 0 Å². The lowest BCUT2D eigenvalue weighted by Crippen LogP contribution is -1.96. The zero-order chi connectivity index (χ0) is 22.7. The number of pyridine rings is 3. The first-order valence-corrected chi connectivity index (χ1v) is 12.0. The van der Waals surface area contributed by atoms with Gasteiger partial charge in [0.1, 0.15) is 5.65 Å². The Morgan fingerprint density at radius 3 is 2.46 bits per heavy atom. The van der Waals surface area contributed by atoms with E-state index in [0.29, 0.717) is 0 Å². The highest BCUT2D eigenvalue weighted by Gasteiger charge is 2.30. The highest BCUT2D eigenvalue weighted by Crippen LogP contribution is 2.48. The summed E-state index contributed by atoms with van der Waals surface area (Å²) >= 11 is 0. The van der Waals surface area contributed by atoms with Crippen LogP contribution in [-0.4, -0.2) is 19.4 Å². The number of hydrogen-bond donors (Lipinski definition) is 0. The van der Waals surface area contributed by atoms with Gasteiger partial charge in [0, 0.05) is 29.6 Å². The molecule has 0 bridgehead atoms. The lowest BCUT2D eigenvalue weighted by atomic mass is 9.96. The van der Waals surface area contributed by atoms with Crippen LogP contribution >= 0.6 is 0 Å². The van der Waals surface area contributed by atoms with Crippen molar-refractivity contribution in [1.82, 2.24) is 19.4 Å². The molecule has 0 saturated carbocycles. The fourth-order valence-corrected chi connectivity index (χ4v) is 6.55. The summed E-state index contributed by atoms with van der Waals surface area (Å²) in [6.45, 7) is 0. The van der Waals surface area contributed by atoms with Gasteiger partial charge in [0.05, 0.1) is 28.3 Å². The van der Waals surface area contributed by atoms with Gasteiger partial charge in [-0.05, 0) is 75.2 Å². The lowest BCUT2D eigenvalue weighted by Gasteiger charge is -2.09. The topological polar surface area (TPSA) is 43.1 Å². The quantitative estimate of drug-likeness (QED) is 0.243. The molecule has 0 spiro atoms. The van der Waals surface area contributed by atoms with E-state index >= 15 is 0 Å². The van der Waals surface area contributed by atoms with Crippen LogP contribution in [0.2, 0.25) is 0 Å². The maximum absolute atomic E-state index is 5.13. The molecule has 3 aromatic carbocycles. The van der Waals surface area contributed by atoms with Crippen molar-refractivity contribution in [3.63, 3.8) is 0 Å². The molecule has 0 radical (unpaired) electrons. The Labute approximate surface area is 200 Å². The van der Waals surface area contributed by atoms with Gasteiger partial charge in [-0.2, -0.15) is 0 Å². The second-order valence-corrected chi connectivity index (χ2v) is 9.65. The molecular formula is C31H18N4. The highest BCUT2D eigenvalue weighted by molar-refractivity contribution is 6.12. The summed E-state index contributed by atoms with van der Waals surface area (Å²) in [6.07, 6.45) is 7.60. The number of imidazole rings is 1. The van der Waals surface area contributed by atoms with E-state index in [0.717, 1.165) is 45.8 Å². The summed E-state index contributed by atoms with van der Waals surface area (Å²) in [6, 6.07) is 24.1. The smallest absolute Gasteiger partial charge is 0.148 e. The third-order valence-electron chi connectivity index (χ3n) is 8.02. The molecule has 2 aliphatic carbocycles. The molecule has 0 fully saturated rings. The van der Waals surface area contributed by atoms with Gasteiger partial charge in [-0.25, -0.2) is 4.98 Å². The van der Waals surface area contributed by atoms with Crippen LogP contribution in [0.1, 0.15) is 22.3 Å². The van der Waals surface area contributed by atoms with E-state index in [9.17, 15) is 0 Å². The highest BCUT2D eigenvalue weighted by atomic mass is 15.0. The summed E-state index contributed by atoms with van der Waals surface area (Å²) < 4.78 is 2.32. The molecule has 4 heterocycles. The fraction of sp³-hybridized carbons (Fsp3) is 0.0645. The van der Waals surface area contributed by atoms with Gasteiger partial charge in [0.25, 0.3) is 0 Å². The number of aromatic nitrogens is 4. The fourth-order valence-electron chi connectivity index (χ4n) is 6.55. The monoisotopic (exact) mass is 446 g/mol. The predicted molar refractivity (Wildman–Crippen MR) is 140 cm³/mol. The second-order valence-electron chi connectivity index (χ2n) is 9.65. The molecule has 0 saturated heterocycles. The molecular weight excluding hydrogens is 428 g/mol. The Balaban J connectivity index is 1.39. The second kappa shape index (κ2) is 6.10. The third-order valence-corrected chi connectivity index (χ3v) is 8.02. The van der Waals surface area contributed by atoms with Crippen LogP contribution in [-0.2, 0) is 12.8 Å². The average Bonchev–Trinajstić information content (AvgIpc) is 3.59. The Kier molecular flexibility index (Phi) is 3.11. The van der Waals surface area contributed by atoms with E-state index in [1.165, 1.54) is 50.0 Å². The van der Waals surface area contributed by atoms with Crippen LogP contribution in [0.15, 0.2) is 85.3 Å². The van der Waals surface area contributed by atoms with E-state index in [1.54, 1.807) is 0 Å². The number of hydrogen-bond acceptors (Lipinski definition) is 3. The zero-order valence-electron chi connectivity index (χ0n) is 18.8. The predicted octanol–water partition coefficient (Wildman–Crippen LogP) is 6.73. The van der Waals surface area contributed by atoms with Crippen LogP contribution in [0.3, 0.4) is 0 Å². The molecule has 0 atom stereocenters. The minimum Gasteiger partial charge on any atom is -0.290 e. The molecule has 0 amide bonds. The van der Waals surface area contributed by atoms with E-state index in [-0.39, 0.29) is 0 Å². The Hall–Kier alpha value is -4.57. The van der Waals surface area contributed by atoms with E-state index in [2.05, 4.69) is 70.0 Å². The van der Waals surface area contributed by atoms with Crippen LogP contribution < -0.4 is 0 Å². The van der Waals surface area contributed by atoms with Crippen molar-refractivity contribution < 1.29 is 0 Å². The summed E-state index contributed by atoms with van der Waals surface area (Å²) in [5.41, 5.74) is 16.4. The van der Waals surface area contributed by atoms with Crippen LogP contribution in [0, 0.1) is 0 Å². The van der Waals surface area contributed by atoms with E-state index in [1.807, 2.05) is 24.7 Å². The van der Waals surface area contributed by atoms with Gasteiger partial charge in [-0.1, -0.05) is 42.5 Å². The Morgan fingerprint density at radius 1 is 0.657 bits per heavy atom. The first kappa shape index (κ1) is 17.8. The SMILES string of the molecule is c1ccc2c(c1)Cc1c-2ccc2c1Cc1c-2ccc2nc3c4cccnc4c4ccncc4n3c12. The zero-order valence-corrected chi connectivity index (χ0v) is 18.8. The van der Waals surface area contributed by atoms with Crippen molar-refractivity contribution >= 4 is 38.5 Å². The minimum atomic E-state index is 0.930. The summed E-state index contributed by atoms with van der Waals surface area (Å²) in [5, 5.41) is 2.18. The molecule has 35 heavy (non-hydrogen) atoms. The minimum absolute atomic E-state index is 0.930. The van der Waals surface area contributed by atoms with Gasteiger partial charge in [0.2, 0.25) is 0 Å². The molecule has 9 rings (SSSR count). The normalized spacial score (nSPS) is 13.5. The van der Waals surface area contributed by atoms with Crippen LogP contribution in [0.5, 0.6) is 0 Å². The summed E-state index contributed by atoms with van der Waals surface area (Å²) in [5.74, 6) is 0.